The maximum atomic E-state index is 11.4. The quantitative estimate of drug-likeness (QED) is 0.624. The van der Waals surface area contributed by atoms with Crippen molar-refractivity contribution in [2.24, 2.45) is 0 Å². The van der Waals surface area contributed by atoms with E-state index in [1.54, 1.807) is 13.8 Å². The van der Waals surface area contributed by atoms with Crippen LogP contribution in [0.15, 0.2) is 12.7 Å². The van der Waals surface area contributed by atoms with E-state index in [4.69, 9.17) is 9.57 Å². The molecule has 0 aromatic heterocycles. The summed E-state index contributed by atoms with van der Waals surface area (Å²) in [6.07, 6.45) is 2.36. The molecule has 1 rings (SSSR count). The van der Waals surface area contributed by atoms with E-state index in [1.165, 1.54) is 6.08 Å². The first-order valence-electron chi connectivity index (χ1n) is 7.36. The van der Waals surface area contributed by atoms with Crippen LogP contribution in [0, 0.1) is 0 Å². The Labute approximate surface area is 127 Å². The van der Waals surface area contributed by atoms with Crippen LogP contribution in [0.1, 0.15) is 54.4 Å². The number of ether oxygens (including phenoxy) is 1. The maximum absolute atomic E-state index is 11.4. The number of nitrogens with zero attached hydrogens (tertiary/aromatic N) is 1. The first kappa shape index (κ1) is 18.1. The molecule has 21 heavy (non-hydrogen) atoms. The van der Waals surface area contributed by atoms with Gasteiger partial charge in [0.15, 0.2) is 0 Å². The molecule has 0 spiro atoms. The molecule has 1 aliphatic heterocycles. The molecule has 0 saturated carbocycles. The number of esters is 1. The zero-order valence-corrected chi connectivity index (χ0v) is 14.1. The highest BCUT2D eigenvalue weighted by Crippen LogP contribution is 2.40. The van der Waals surface area contributed by atoms with E-state index in [-0.39, 0.29) is 23.8 Å². The normalized spacial score (nSPS) is 22.8. The van der Waals surface area contributed by atoms with E-state index in [9.17, 15) is 9.90 Å². The lowest BCUT2D eigenvalue weighted by molar-refractivity contribution is -0.306. The molecular formula is C16H29NO4. The van der Waals surface area contributed by atoms with Crippen molar-refractivity contribution in [3.63, 3.8) is 0 Å². The topological polar surface area (TPSA) is 59.0 Å². The van der Waals surface area contributed by atoms with Crippen molar-refractivity contribution < 1.29 is 19.5 Å². The van der Waals surface area contributed by atoms with Crippen molar-refractivity contribution in [1.29, 1.82) is 0 Å². The highest BCUT2D eigenvalue weighted by atomic mass is 16.7. The van der Waals surface area contributed by atoms with Gasteiger partial charge in [-0.1, -0.05) is 6.58 Å². The lowest BCUT2D eigenvalue weighted by atomic mass is 9.80. The molecule has 1 saturated heterocycles. The lowest BCUT2D eigenvalue weighted by Crippen LogP contribution is -2.62. The molecule has 1 N–H and O–H groups in total. The zero-order chi connectivity index (χ0) is 16.5. The van der Waals surface area contributed by atoms with Gasteiger partial charge in [0, 0.05) is 30.0 Å². The summed E-state index contributed by atoms with van der Waals surface area (Å²) >= 11 is 0. The Morgan fingerprint density at radius 1 is 1.33 bits per heavy atom. The van der Waals surface area contributed by atoms with Crippen LogP contribution < -0.4 is 0 Å². The van der Waals surface area contributed by atoms with Crippen LogP contribution in [0.25, 0.3) is 0 Å². The predicted octanol–water partition coefficient (Wildman–Crippen LogP) is 2.44. The molecule has 0 bridgehead atoms. The monoisotopic (exact) mass is 299 g/mol. The van der Waals surface area contributed by atoms with Crippen molar-refractivity contribution in [3.8, 4) is 0 Å². The Balaban J connectivity index is 2.83. The van der Waals surface area contributed by atoms with Gasteiger partial charge in [0.2, 0.25) is 0 Å². The Kier molecular flexibility index (Phi) is 5.24. The Morgan fingerprint density at radius 2 is 1.81 bits per heavy atom. The third-order valence-corrected chi connectivity index (χ3v) is 3.55. The number of carbonyl (C=O) groups is 1. The fourth-order valence-electron chi connectivity index (χ4n) is 3.04. The number of carbonyl (C=O) groups excluding carboxylic acids is 1. The highest BCUT2D eigenvalue weighted by Gasteiger charge is 2.48. The molecule has 0 radical (unpaired) electrons. The molecule has 1 aliphatic rings. The number of hydrogen-bond acceptors (Lipinski definition) is 5. The van der Waals surface area contributed by atoms with E-state index in [0.29, 0.717) is 12.8 Å². The average Bonchev–Trinajstić information content (AvgIpc) is 2.23. The molecule has 122 valence electrons. The van der Waals surface area contributed by atoms with E-state index < -0.39 is 11.6 Å². The summed E-state index contributed by atoms with van der Waals surface area (Å²) in [6.45, 7) is 15.3. The van der Waals surface area contributed by atoms with Gasteiger partial charge < -0.3 is 9.84 Å². The molecule has 5 nitrogen and oxygen atoms in total. The van der Waals surface area contributed by atoms with Gasteiger partial charge in [-0.15, -0.1) is 0 Å². The number of hydroxylamine groups is 2. The third-order valence-electron chi connectivity index (χ3n) is 3.55. The smallest absolute Gasteiger partial charge is 0.330 e. The molecule has 0 atom stereocenters. The van der Waals surface area contributed by atoms with Crippen molar-refractivity contribution in [2.45, 2.75) is 77.2 Å². The summed E-state index contributed by atoms with van der Waals surface area (Å²) < 4.78 is 5.42. The Bertz CT molecular complexity index is 378. The standard InChI is InChI=1S/C16H29NO4/c1-8-13(18)21-12-9-14(2,3)17(15(4,5)10-12)20-11-16(6,7)19/h8,12,19H,1,9-11H2,2-7H3. The average molecular weight is 299 g/mol. The molecule has 1 heterocycles. The largest absolute Gasteiger partial charge is 0.459 e. The van der Waals surface area contributed by atoms with Crippen LogP contribution in [0.3, 0.4) is 0 Å². The molecule has 0 aliphatic carbocycles. The van der Waals surface area contributed by atoms with Gasteiger partial charge >= 0.3 is 5.97 Å². The second-order valence-corrected chi connectivity index (χ2v) is 7.68. The van der Waals surface area contributed by atoms with Gasteiger partial charge in [0.1, 0.15) is 6.10 Å². The minimum atomic E-state index is -0.891. The summed E-state index contributed by atoms with van der Waals surface area (Å²) in [6, 6.07) is 0. The highest BCUT2D eigenvalue weighted by molar-refractivity contribution is 5.81. The second kappa shape index (κ2) is 6.07. The number of rotatable bonds is 5. The van der Waals surface area contributed by atoms with Gasteiger partial charge in [-0.3, -0.25) is 4.84 Å². The maximum Gasteiger partial charge on any atom is 0.330 e. The van der Waals surface area contributed by atoms with Crippen molar-refractivity contribution >= 4 is 5.97 Å². The van der Waals surface area contributed by atoms with Crippen LogP contribution in [0.4, 0.5) is 0 Å². The van der Waals surface area contributed by atoms with E-state index in [2.05, 4.69) is 6.58 Å². The van der Waals surface area contributed by atoms with Crippen molar-refractivity contribution in [3.05, 3.63) is 12.7 Å². The fourth-order valence-corrected chi connectivity index (χ4v) is 3.04. The molecule has 0 aromatic carbocycles. The van der Waals surface area contributed by atoms with Crippen LogP contribution in [0.2, 0.25) is 0 Å². The number of aliphatic hydroxyl groups is 1. The number of hydrogen-bond donors (Lipinski definition) is 1. The molecule has 0 unspecified atom stereocenters. The van der Waals surface area contributed by atoms with Crippen molar-refractivity contribution in [1.82, 2.24) is 5.06 Å². The predicted molar refractivity (Wildman–Crippen MR) is 81.6 cm³/mol. The van der Waals surface area contributed by atoms with Gasteiger partial charge in [0.25, 0.3) is 0 Å². The van der Waals surface area contributed by atoms with Crippen LogP contribution in [-0.2, 0) is 14.4 Å². The first-order valence-corrected chi connectivity index (χ1v) is 7.36. The van der Waals surface area contributed by atoms with Crippen molar-refractivity contribution in [2.75, 3.05) is 6.61 Å². The third kappa shape index (κ3) is 5.09. The Morgan fingerprint density at radius 3 is 2.19 bits per heavy atom. The lowest BCUT2D eigenvalue weighted by Gasteiger charge is -2.53. The molecule has 1 fully saturated rings. The van der Waals surface area contributed by atoms with Crippen LogP contribution in [0.5, 0.6) is 0 Å². The molecule has 5 heteroatoms. The second-order valence-electron chi connectivity index (χ2n) is 7.68. The van der Waals surface area contributed by atoms with E-state index >= 15 is 0 Å². The van der Waals surface area contributed by atoms with Gasteiger partial charge in [0.05, 0.1) is 12.2 Å². The molecule has 0 amide bonds. The van der Waals surface area contributed by atoms with E-state index in [0.717, 1.165) is 0 Å². The van der Waals surface area contributed by atoms with Crippen LogP contribution >= 0.6 is 0 Å². The van der Waals surface area contributed by atoms with Gasteiger partial charge in [-0.2, -0.15) is 5.06 Å². The SMILES string of the molecule is C=CC(=O)OC1CC(C)(C)N(OCC(C)(C)O)C(C)(C)C1. The summed E-state index contributed by atoms with van der Waals surface area (Å²) in [4.78, 5) is 17.3. The molecule has 0 aromatic rings. The van der Waals surface area contributed by atoms with Crippen LogP contribution in [-0.4, -0.2) is 45.5 Å². The minimum absolute atomic E-state index is 0.164. The molecular weight excluding hydrogens is 270 g/mol. The van der Waals surface area contributed by atoms with Gasteiger partial charge in [-0.25, -0.2) is 4.79 Å². The first-order chi connectivity index (χ1) is 9.37. The Hall–Kier alpha value is -0.910. The summed E-state index contributed by atoms with van der Waals surface area (Å²) in [5.41, 5.74) is -1.50. The summed E-state index contributed by atoms with van der Waals surface area (Å²) in [5.74, 6) is -0.391. The minimum Gasteiger partial charge on any atom is -0.459 e. The summed E-state index contributed by atoms with van der Waals surface area (Å²) in [7, 11) is 0. The number of piperidine rings is 1. The fraction of sp³-hybridized carbons (Fsp3) is 0.812. The van der Waals surface area contributed by atoms with E-state index in [1.807, 2.05) is 32.8 Å². The summed E-state index contributed by atoms with van der Waals surface area (Å²) in [5, 5.41) is 11.8. The van der Waals surface area contributed by atoms with Gasteiger partial charge in [-0.05, 0) is 41.5 Å². The zero-order valence-electron chi connectivity index (χ0n) is 14.1.